The molecule has 1 saturated heterocycles. The third-order valence-corrected chi connectivity index (χ3v) is 6.24. The average Bonchev–Trinajstić information content (AvgIpc) is 2.68. The smallest absolute Gasteiger partial charge is 0.343 e. The van der Waals surface area contributed by atoms with Gasteiger partial charge in [0.15, 0.2) is 0 Å². The summed E-state index contributed by atoms with van der Waals surface area (Å²) in [6.45, 7) is 6.30. The van der Waals surface area contributed by atoms with E-state index in [0.29, 0.717) is 5.56 Å². The summed E-state index contributed by atoms with van der Waals surface area (Å²) in [5.74, 6) is 0.909. The zero-order chi connectivity index (χ0) is 20.6. The molecule has 1 spiro atoms. The molecule has 0 aromatic heterocycles. The number of rotatable bonds is 2. The first-order valence-electron chi connectivity index (χ1n) is 10.1. The van der Waals surface area contributed by atoms with Crippen LogP contribution in [-0.2, 0) is 19.1 Å². The van der Waals surface area contributed by atoms with E-state index < -0.39 is 11.7 Å². The van der Waals surface area contributed by atoms with Crippen molar-refractivity contribution in [1.29, 1.82) is 0 Å². The van der Waals surface area contributed by atoms with E-state index in [-0.39, 0.29) is 12.0 Å². The fourth-order valence-corrected chi connectivity index (χ4v) is 4.39. The molecule has 2 aliphatic rings. The number of benzene rings is 2. The van der Waals surface area contributed by atoms with Crippen LogP contribution in [-0.4, -0.2) is 18.9 Å². The molecule has 29 heavy (non-hydrogen) atoms. The Hall–Kier alpha value is -2.34. The summed E-state index contributed by atoms with van der Waals surface area (Å²) in [4.78, 5) is 4.81. The summed E-state index contributed by atoms with van der Waals surface area (Å²) in [5.41, 5.74) is 4.73. The van der Waals surface area contributed by atoms with E-state index in [1.807, 2.05) is 0 Å². The Morgan fingerprint density at radius 3 is 2.48 bits per heavy atom. The second-order valence-electron chi connectivity index (χ2n) is 8.29. The number of hydrogen-bond donors (Lipinski definition) is 2. The number of aliphatic imine (C=N–C) groups is 1. The normalized spacial score (nSPS) is 19.8. The molecule has 2 heterocycles. The highest BCUT2D eigenvalue weighted by molar-refractivity contribution is 6.02. The fourth-order valence-electron chi connectivity index (χ4n) is 4.39. The highest BCUT2D eigenvalue weighted by atomic mass is 19.4. The molecule has 2 aromatic carbocycles. The maximum Gasteiger partial charge on any atom is 0.416 e. The number of nitrogens with one attached hydrogen (secondary N) is 2. The molecule has 2 aromatic rings. The lowest BCUT2D eigenvalue weighted by atomic mass is 9.70. The molecule has 0 saturated carbocycles. The number of halogens is 3. The number of hydrogen-bond acceptors (Lipinski definition) is 2. The monoisotopic (exact) mass is 401 g/mol. The minimum absolute atomic E-state index is 0.0818. The van der Waals surface area contributed by atoms with Crippen LogP contribution in [0.4, 0.5) is 18.9 Å². The summed E-state index contributed by atoms with van der Waals surface area (Å²) < 4.78 is 39.1. The van der Waals surface area contributed by atoms with E-state index in [9.17, 15) is 13.2 Å². The van der Waals surface area contributed by atoms with E-state index in [1.54, 1.807) is 6.07 Å². The fraction of sp³-hybridized carbons (Fsp3) is 0.435. The van der Waals surface area contributed by atoms with Crippen molar-refractivity contribution in [2.75, 3.05) is 18.4 Å². The average molecular weight is 401 g/mol. The Balaban J connectivity index is 1.67. The number of fused-ring (bicyclic) bond motifs is 1. The van der Waals surface area contributed by atoms with Crippen molar-refractivity contribution >= 4 is 11.5 Å². The summed E-state index contributed by atoms with van der Waals surface area (Å²) in [6.07, 6.45) is -1.49. The van der Waals surface area contributed by atoms with Crippen LogP contribution in [0.25, 0.3) is 0 Å². The van der Waals surface area contributed by atoms with Gasteiger partial charge < -0.3 is 10.6 Å². The minimum atomic E-state index is -4.34. The SMILES string of the molecule is Cc1cc2c(cc1C)NC(=NCc1cccc(C(F)(F)F)c1)C1(CCNCC1)C2. The molecule has 154 valence electrons. The van der Waals surface area contributed by atoms with Crippen molar-refractivity contribution in [1.82, 2.24) is 5.32 Å². The highest BCUT2D eigenvalue weighted by Crippen LogP contribution is 2.42. The van der Waals surface area contributed by atoms with Crippen LogP contribution < -0.4 is 10.6 Å². The third-order valence-electron chi connectivity index (χ3n) is 6.24. The van der Waals surface area contributed by atoms with Gasteiger partial charge in [0.1, 0.15) is 5.84 Å². The second kappa shape index (κ2) is 7.48. The summed E-state index contributed by atoms with van der Waals surface area (Å²) >= 11 is 0. The first-order valence-corrected chi connectivity index (χ1v) is 10.1. The molecular formula is C23H26F3N3. The summed E-state index contributed by atoms with van der Waals surface area (Å²) in [6, 6.07) is 9.87. The molecule has 2 N–H and O–H groups in total. The third kappa shape index (κ3) is 4.04. The van der Waals surface area contributed by atoms with Gasteiger partial charge >= 0.3 is 6.18 Å². The Morgan fingerprint density at radius 2 is 1.76 bits per heavy atom. The van der Waals surface area contributed by atoms with Crippen molar-refractivity contribution in [2.24, 2.45) is 10.4 Å². The molecule has 6 heteroatoms. The van der Waals surface area contributed by atoms with E-state index in [2.05, 4.69) is 36.6 Å². The van der Waals surface area contributed by atoms with Gasteiger partial charge in [-0.25, -0.2) is 0 Å². The molecular weight excluding hydrogens is 375 g/mol. The highest BCUT2D eigenvalue weighted by Gasteiger charge is 2.41. The van der Waals surface area contributed by atoms with Crippen LogP contribution in [0.15, 0.2) is 41.4 Å². The Kier molecular flexibility index (Phi) is 5.15. The molecule has 0 amide bonds. The van der Waals surface area contributed by atoms with Gasteiger partial charge in [-0.15, -0.1) is 0 Å². The van der Waals surface area contributed by atoms with Crippen molar-refractivity contribution in [3.63, 3.8) is 0 Å². The van der Waals surface area contributed by atoms with Gasteiger partial charge in [-0.3, -0.25) is 4.99 Å². The largest absolute Gasteiger partial charge is 0.416 e. The molecule has 0 atom stereocenters. The molecule has 4 rings (SSSR count). The van der Waals surface area contributed by atoms with Crippen molar-refractivity contribution in [3.05, 3.63) is 64.2 Å². The number of anilines is 1. The number of aryl methyl sites for hydroxylation is 2. The number of nitrogens with zero attached hydrogens (tertiary/aromatic N) is 1. The Bertz CT molecular complexity index is 941. The molecule has 0 bridgehead atoms. The standard InChI is InChI=1S/C23H26F3N3/c1-15-10-18-13-22(6-8-27-9-7-22)21(29-20(18)11-16(15)2)28-14-17-4-3-5-19(12-17)23(24,25)26/h3-5,10-12,27H,6-9,13-14H2,1-2H3,(H,28,29). The number of amidine groups is 1. The number of alkyl halides is 3. The van der Waals surface area contributed by atoms with Crippen LogP contribution in [0.3, 0.4) is 0 Å². The van der Waals surface area contributed by atoms with Gasteiger partial charge in [-0.05, 0) is 86.7 Å². The van der Waals surface area contributed by atoms with E-state index in [0.717, 1.165) is 49.9 Å². The summed E-state index contributed by atoms with van der Waals surface area (Å²) in [5, 5.41) is 6.95. The van der Waals surface area contributed by atoms with Crippen LogP contribution in [0, 0.1) is 19.3 Å². The predicted molar refractivity (Wildman–Crippen MR) is 110 cm³/mol. The van der Waals surface area contributed by atoms with E-state index in [4.69, 9.17) is 4.99 Å². The number of piperidine rings is 1. The quantitative estimate of drug-likeness (QED) is 0.720. The summed E-state index contributed by atoms with van der Waals surface area (Å²) in [7, 11) is 0. The van der Waals surface area contributed by atoms with Gasteiger partial charge in [-0.1, -0.05) is 18.2 Å². The van der Waals surface area contributed by atoms with Crippen LogP contribution in [0.1, 0.15) is 40.7 Å². The first kappa shape index (κ1) is 20.0. The molecule has 0 aliphatic carbocycles. The van der Waals surface area contributed by atoms with Crippen molar-refractivity contribution in [2.45, 2.75) is 45.8 Å². The van der Waals surface area contributed by atoms with E-state index in [1.165, 1.54) is 28.8 Å². The van der Waals surface area contributed by atoms with Gasteiger partial charge in [0.05, 0.1) is 12.1 Å². The molecule has 0 unspecified atom stereocenters. The first-order chi connectivity index (χ1) is 13.8. The van der Waals surface area contributed by atoms with Crippen LogP contribution in [0.2, 0.25) is 0 Å². The lowest BCUT2D eigenvalue weighted by Gasteiger charge is -2.43. The van der Waals surface area contributed by atoms with E-state index >= 15 is 0 Å². The molecule has 0 radical (unpaired) electrons. The Labute approximate surface area is 169 Å². The van der Waals surface area contributed by atoms with Crippen molar-refractivity contribution in [3.8, 4) is 0 Å². The van der Waals surface area contributed by atoms with Crippen LogP contribution >= 0.6 is 0 Å². The van der Waals surface area contributed by atoms with Gasteiger partial charge in [0.2, 0.25) is 0 Å². The van der Waals surface area contributed by atoms with Crippen molar-refractivity contribution < 1.29 is 13.2 Å². The topological polar surface area (TPSA) is 36.4 Å². The zero-order valence-electron chi connectivity index (χ0n) is 16.8. The zero-order valence-corrected chi connectivity index (χ0v) is 16.8. The molecule has 1 fully saturated rings. The lowest BCUT2D eigenvalue weighted by Crippen LogP contribution is -2.48. The predicted octanol–water partition coefficient (Wildman–Crippen LogP) is 5.26. The maximum atomic E-state index is 13.0. The molecule has 3 nitrogen and oxygen atoms in total. The van der Waals surface area contributed by atoms with Crippen LogP contribution in [0.5, 0.6) is 0 Å². The second-order valence-corrected chi connectivity index (χ2v) is 8.29. The molecule has 2 aliphatic heterocycles. The van der Waals surface area contributed by atoms with Gasteiger partial charge in [0, 0.05) is 11.1 Å². The minimum Gasteiger partial charge on any atom is -0.343 e. The van der Waals surface area contributed by atoms with Gasteiger partial charge in [0.25, 0.3) is 0 Å². The maximum absolute atomic E-state index is 13.0. The Morgan fingerprint density at radius 1 is 1.03 bits per heavy atom. The lowest BCUT2D eigenvalue weighted by molar-refractivity contribution is -0.137. The van der Waals surface area contributed by atoms with Gasteiger partial charge in [-0.2, -0.15) is 13.2 Å².